The summed E-state index contributed by atoms with van der Waals surface area (Å²) in [6.07, 6.45) is 13.3. The first-order chi connectivity index (χ1) is 32.0. The topological polar surface area (TPSA) is 238 Å². The number of halogens is 4. The van der Waals surface area contributed by atoms with Gasteiger partial charge in [0.15, 0.2) is 0 Å². The molecule has 0 spiro atoms. The molecule has 0 fully saturated rings. The summed E-state index contributed by atoms with van der Waals surface area (Å²) in [7, 11) is 7.05. The zero-order valence-corrected chi connectivity index (χ0v) is 37.9. The van der Waals surface area contributed by atoms with E-state index in [2.05, 4.69) is 41.6 Å². The van der Waals surface area contributed by atoms with Crippen LogP contribution in [-0.4, -0.2) is 72.7 Å². The third-order valence-electron chi connectivity index (χ3n) is 10.6. The van der Waals surface area contributed by atoms with Gasteiger partial charge in [0.05, 0.1) is 28.5 Å². The molecule has 9 rings (SSSR count). The van der Waals surface area contributed by atoms with Crippen molar-refractivity contribution in [3.63, 3.8) is 0 Å². The number of amides is 3. The molecule has 7 aromatic rings. The predicted octanol–water partition coefficient (Wildman–Crippen LogP) is 6.96. The fourth-order valence-electron chi connectivity index (χ4n) is 7.54. The van der Waals surface area contributed by atoms with Crippen molar-refractivity contribution >= 4 is 58.6 Å². The predicted molar refractivity (Wildman–Crippen MR) is 246 cm³/mol. The summed E-state index contributed by atoms with van der Waals surface area (Å²) in [6.45, 7) is 0.118. The molecule has 2 aliphatic rings. The third-order valence-corrected chi connectivity index (χ3v) is 11.2. The zero-order chi connectivity index (χ0) is 47.9. The molecule has 5 aromatic heterocycles. The first kappa shape index (κ1) is 50.0. The van der Waals surface area contributed by atoms with Crippen molar-refractivity contribution in [1.29, 1.82) is 0 Å². The number of rotatable bonds is 9. The van der Waals surface area contributed by atoms with Gasteiger partial charge in [0.2, 0.25) is 0 Å². The number of aromatic nitrogens is 10. The number of carbonyl (C=O) groups excluding carboxylic acids is 4. The summed E-state index contributed by atoms with van der Waals surface area (Å²) in [6, 6.07) is 7.82. The number of nitrogens with one attached hydrogen (secondary N) is 3. The van der Waals surface area contributed by atoms with Crippen LogP contribution >= 0.6 is 23.2 Å². The molecule has 2 unspecified atom stereocenters. The summed E-state index contributed by atoms with van der Waals surface area (Å²) < 4.78 is 44.5. The molecule has 0 bridgehead atoms. The first-order valence-corrected chi connectivity index (χ1v) is 21.2. The number of anilines is 2. The Morgan fingerprint density at radius 1 is 0.750 bits per heavy atom. The molecule has 3 amide bonds. The van der Waals surface area contributed by atoms with Gasteiger partial charge in [-0.2, -0.15) is 0 Å². The number of ether oxygens (including phenoxy) is 2. The number of alkyl carbamates (subject to hydrolysis) is 1. The van der Waals surface area contributed by atoms with E-state index in [1.165, 1.54) is 64.4 Å². The van der Waals surface area contributed by atoms with Gasteiger partial charge in [0.1, 0.15) is 54.0 Å². The number of carbonyl (C=O) groups is 4. The van der Waals surface area contributed by atoms with Crippen molar-refractivity contribution in [1.82, 2.24) is 54.0 Å². The van der Waals surface area contributed by atoms with E-state index < -0.39 is 23.8 Å². The van der Waals surface area contributed by atoms with E-state index in [9.17, 15) is 28.0 Å². The van der Waals surface area contributed by atoms with E-state index >= 15 is 0 Å². The van der Waals surface area contributed by atoms with Crippen molar-refractivity contribution in [2.75, 3.05) is 10.6 Å². The standard InChI is InChI=1S/C20H20ClFN6O3.C15H15ClFN3O.C8H9N5O2.CH4/c1-27-9-14-13(18(27)19(29)23-11-3-5-16(22)15(21)7-11)4-6-17(14)24-20(30)31-10-12-8-28(2)26-25-12;1-20-7-10-9(3-5-13(10)18)14(20)15(21)19-8-2-4-12(17)11(16)6-8;1-12-4-7(10-11-12)5-15-8(14)13-3-2-9-6-13;/h3,5,7-9,17H,4,6,10H2,1-2H3,(H,23,29)(H,24,30);2,4,6-7,13H,3,5,18H2,1H3,(H,19,21);2-4,6H,5H2,1H3;1H4. The SMILES string of the molecule is C.Cn1cc(COC(=O)NC2CCc3c2cn(C)c3C(=O)Nc2ccc(F)c(Cl)c2)nn1.Cn1cc(COC(=O)n2ccnc2)nn1.Cn1cc2c(c1C(=O)Nc1ccc(F)c(Cl)c1)CCC2N. The number of fused-ring (bicyclic) bond motifs is 2. The highest BCUT2D eigenvalue weighted by Gasteiger charge is 2.32. The molecule has 358 valence electrons. The molecule has 68 heavy (non-hydrogen) atoms. The van der Waals surface area contributed by atoms with Crippen LogP contribution in [0.25, 0.3) is 0 Å². The number of imidazole rings is 1. The molecule has 24 heteroatoms. The Balaban J connectivity index is 0.000000178. The van der Waals surface area contributed by atoms with Gasteiger partial charge in [-0.25, -0.2) is 27.9 Å². The first-order valence-electron chi connectivity index (χ1n) is 20.5. The van der Waals surface area contributed by atoms with Crippen LogP contribution in [0.2, 0.25) is 10.0 Å². The summed E-state index contributed by atoms with van der Waals surface area (Å²) in [4.78, 5) is 52.6. The van der Waals surface area contributed by atoms with Crippen LogP contribution in [0.15, 0.2) is 79.9 Å². The van der Waals surface area contributed by atoms with E-state index in [1.807, 2.05) is 19.4 Å². The molecule has 2 aliphatic carbocycles. The molecular weight excluding hydrogens is 929 g/mol. The smallest absolute Gasteiger partial charge is 0.419 e. The Kier molecular flexibility index (Phi) is 16.1. The molecular formula is C44H48Cl2F2N14O6. The van der Waals surface area contributed by atoms with Crippen LogP contribution in [0.3, 0.4) is 0 Å². The summed E-state index contributed by atoms with van der Waals surface area (Å²) in [5.41, 5.74) is 12.8. The second kappa shape index (κ2) is 21.9. The maximum Gasteiger partial charge on any atom is 0.419 e. The van der Waals surface area contributed by atoms with E-state index in [0.717, 1.165) is 35.1 Å². The molecule has 5 heterocycles. The van der Waals surface area contributed by atoms with Gasteiger partial charge in [-0.1, -0.05) is 41.1 Å². The molecule has 0 saturated heterocycles. The molecule has 20 nitrogen and oxygen atoms in total. The van der Waals surface area contributed by atoms with Gasteiger partial charge < -0.3 is 40.3 Å². The lowest BCUT2D eigenvalue weighted by atomic mass is 10.1. The highest BCUT2D eigenvalue weighted by molar-refractivity contribution is 6.31. The lowest BCUT2D eigenvalue weighted by Gasteiger charge is -2.12. The van der Waals surface area contributed by atoms with E-state index in [0.29, 0.717) is 47.0 Å². The van der Waals surface area contributed by atoms with Gasteiger partial charge in [0, 0.05) is 70.4 Å². The van der Waals surface area contributed by atoms with Crippen LogP contribution in [0, 0.1) is 11.6 Å². The molecule has 5 N–H and O–H groups in total. The second-order valence-electron chi connectivity index (χ2n) is 15.5. The maximum atomic E-state index is 13.4. The zero-order valence-electron chi connectivity index (χ0n) is 36.4. The monoisotopic (exact) mass is 976 g/mol. The lowest BCUT2D eigenvalue weighted by molar-refractivity contribution is 0.101. The Morgan fingerprint density at radius 3 is 1.76 bits per heavy atom. The average Bonchev–Trinajstić information content (AvgIpc) is 4.17. The van der Waals surface area contributed by atoms with Crippen molar-refractivity contribution in [3.05, 3.63) is 147 Å². The fourth-order valence-corrected chi connectivity index (χ4v) is 7.90. The van der Waals surface area contributed by atoms with Crippen molar-refractivity contribution in [2.45, 2.75) is 58.4 Å². The Labute approximate surface area is 398 Å². The van der Waals surface area contributed by atoms with Crippen molar-refractivity contribution < 1.29 is 37.4 Å². The third kappa shape index (κ3) is 11.9. The number of nitrogens with zero attached hydrogens (tertiary/aromatic N) is 10. The van der Waals surface area contributed by atoms with Gasteiger partial charge in [-0.15, -0.1) is 10.2 Å². The van der Waals surface area contributed by atoms with Gasteiger partial charge >= 0.3 is 12.2 Å². The Bertz CT molecular complexity index is 2930. The Morgan fingerprint density at radius 2 is 1.26 bits per heavy atom. The van der Waals surface area contributed by atoms with Crippen molar-refractivity contribution in [2.24, 2.45) is 33.9 Å². The summed E-state index contributed by atoms with van der Waals surface area (Å²) >= 11 is 11.5. The van der Waals surface area contributed by atoms with Gasteiger partial charge in [0.25, 0.3) is 11.8 Å². The number of hydrogen-bond acceptors (Lipinski definition) is 12. The normalized spacial score (nSPS) is 14.2. The number of benzene rings is 2. The molecule has 0 saturated carbocycles. The van der Waals surface area contributed by atoms with E-state index in [-0.39, 0.29) is 54.6 Å². The quantitative estimate of drug-likeness (QED) is 0.115. The van der Waals surface area contributed by atoms with Crippen LogP contribution in [0.5, 0.6) is 0 Å². The largest absolute Gasteiger partial charge is 0.443 e. The van der Waals surface area contributed by atoms with Crippen LogP contribution < -0.4 is 21.7 Å². The molecule has 2 atom stereocenters. The number of nitrogens with two attached hydrogens (primary N) is 1. The average molecular weight is 978 g/mol. The highest BCUT2D eigenvalue weighted by Crippen LogP contribution is 2.36. The lowest BCUT2D eigenvalue weighted by Crippen LogP contribution is -2.27. The molecule has 0 aliphatic heterocycles. The molecule has 2 aromatic carbocycles. The van der Waals surface area contributed by atoms with Gasteiger partial charge in [-0.3, -0.25) is 19.0 Å². The van der Waals surface area contributed by atoms with Crippen LogP contribution in [0.1, 0.15) is 87.0 Å². The minimum absolute atomic E-state index is 0. The summed E-state index contributed by atoms with van der Waals surface area (Å²) in [5, 5.41) is 23.4. The number of hydrogen-bond donors (Lipinski definition) is 4. The second-order valence-corrected chi connectivity index (χ2v) is 16.3. The van der Waals surface area contributed by atoms with Gasteiger partial charge in [-0.05, 0) is 84.3 Å². The Hall–Kier alpha value is -7.43. The highest BCUT2D eigenvalue weighted by atomic mass is 35.5. The minimum atomic E-state index is -0.570. The molecule has 0 radical (unpaired) electrons. The maximum absolute atomic E-state index is 13.4. The van der Waals surface area contributed by atoms with Crippen molar-refractivity contribution in [3.8, 4) is 0 Å². The van der Waals surface area contributed by atoms with Crippen LogP contribution in [0.4, 0.5) is 29.7 Å². The fraction of sp³-hybridized carbons (Fsp3) is 0.295. The van der Waals surface area contributed by atoms with E-state index in [1.54, 1.807) is 47.4 Å². The minimum Gasteiger partial charge on any atom is -0.443 e. The summed E-state index contributed by atoms with van der Waals surface area (Å²) in [5.74, 6) is -1.65. The van der Waals surface area contributed by atoms with Crippen LogP contribution in [-0.2, 0) is 63.7 Å². The van der Waals surface area contributed by atoms with E-state index in [4.69, 9.17) is 38.4 Å². The number of aryl methyl sites for hydroxylation is 4.